The Morgan fingerprint density at radius 3 is 2.35 bits per heavy atom. The third-order valence-electron chi connectivity index (χ3n) is 6.73. The summed E-state index contributed by atoms with van der Waals surface area (Å²) in [6.07, 6.45) is 13.3. The summed E-state index contributed by atoms with van der Waals surface area (Å²) in [5.41, 5.74) is 0.601. The van der Waals surface area contributed by atoms with E-state index in [1.54, 1.807) is 6.42 Å². The molecule has 0 aromatic carbocycles. The van der Waals surface area contributed by atoms with Crippen LogP contribution in [0.4, 0.5) is 0 Å². The Hall–Kier alpha value is 0. The highest BCUT2D eigenvalue weighted by Gasteiger charge is 2.45. The summed E-state index contributed by atoms with van der Waals surface area (Å²) in [6.45, 7) is 12.4. The molecule has 0 N–H and O–H groups in total. The zero-order valence-electron chi connectivity index (χ0n) is 14.8. The lowest BCUT2D eigenvalue weighted by atomic mass is 9.53. The fourth-order valence-corrected chi connectivity index (χ4v) is 5.62. The summed E-state index contributed by atoms with van der Waals surface area (Å²) in [5.74, 6) is 5.12. The zero-order chi connectivity index (χ0) is 14.8. The van der Waals surface area contributed by atoms with E-state index in [9.17, 15) is 0 Å². The Bertz CT molecular complexity index is 290. The number of fused-ring (bicyclic) bond motifs is 1. The molecule has 5 unspecified atom stereocenters. The van der Waals surface area contributed by atoms with Gasteiger partial charge in [-0.05, 0) is 67.1 Å². The lowest BCUT2D eigenvalue weighted by Crippen LogP contribution is -2.43. The van der Waals surface area contributed by atoms with Crippen LogP contribution in [0.2, 0.25) is 0 Å². The van der Waals surface area contributed by atoms with E-state index in [-0.39, 0.29) is 0 Å². The maximum absolute atomic E-state index is 2.57. The number of hydrogen-bond acceptors (Lipinski definition) is 0. The second-order valence-electron chi connectivity index (χ2n) is 8.79. The number of rotatable bonds is 5. The monoisotopic (exact) mass is 278 g/mol. The lowest BCUT2D eigenvalue weighted by Gasteiger charge is -2.52. The molecule has 20 heavy (non-hydrogen) atoms. The zero-order valence-corrected chi connectivity index (χ0v) is 14.8. The van der Waals surface area contributed by atoms with Crippen LogP contribution >= 0.6 is 0 Å². The van der Waals surface area contributed by atoms with Crippen molar-refractivity contribution in [2.24, 2.45) is 35.0 Å². The molecule has 5 atom stereocenters. The molecule has 0 nitrogen and oxygen atoms in total. The number of unbranched alkanes of at least 4 members (excludes halogenated alkanes) is 1. The van der Waals surface area contributed by atoms with Gasteiger partial charge in [-0.3, -0.25) is 0 Å². The van der Waals surface area contributed by atoms with Gasteiger partial charge in [-0.1, -0.05) is 60.3 Å². The Balaban J connectivity index is 2.02. The van der Waals surface area contributed by atoms with E-state index >= 15 is 0 Å². The van der Waals surface area contributed by atoms with Gasteiger partial charge < -0.3 is 0 Å². The van der Waals surface area contributed by atoms with Gasteiger partial charge in [-0.15, -0.1) is 0 Å². The van der Waals surface area contributed by atoms with E-state index in [1.165, 1.54) is 51.4 Å². The second-order valence-corrected chi connectivity index (χ2v) is 8.79. The van der Waals surface area contributed by atoms with Crippen LogP contribution in [-0.4, -0.2) is 0 Å². The first-order valence-electron chi connectivity index (χ1n) is 9.47. The molecule has 2 aliphatic carbocycles. The topological polar surface area (TPSA) is 0 Å². The summed E-state index contributed by atoms with van der Waals surface area (Å²) in [6, 6.07) is 0. The predicted molar refractivity (Wildman–Crippen MR) is 89.8 cm³/mol. The van der Waals surface area contributed by atoms with Crippen LogP contribution in [0.5, 0.6) is 0 Å². The van der Waals surface area contributed by atoms with E-state index in [1.807, 2.05) is 0 Å². The van der Waals surface area contributed by atoms with Crippen molar-refractivity contribution < 1.29 is 0 Å². The minimum absolute atomic E-state index is 0.601. The van der Waals surface area contributed by atoms with Crippen LogP contribution in [0, 0.1) is 35.0 Å². The molecule has 2 rings (SSSR count). The smallest absolute Gasteiger partial charge is 0.0323 e. The highest BCUT2D eigenvalue weighted by Crippen LogP contribution is 2.55. The normalized spacial score (nSPS) is 40.4. The number of hydrogen-bond donors (Lipinski definition) is 0. The van der Waals surface area contributed by atoms with Crippen LogP contribution in [-0.2, 0) is 0 Å². The maximum atomic E-state index is 2.57. The molecule has 0 amide bonds. The molecule has 2 aliphatic rings. The van der Waals surface area contributed by atoms with Crippen LogP contribution in [0.25, 0.3) is 0 Å². The van der Waals surface area contributed by atoms with Crippen molar-refractivity contribution in [1.82, 2.24) is 0 Å². The molecule has 0 aliphatic heterocycles. The molecule has 0 aromatic heterocycles. The molecule has 0 bridgehead atoms. The van der Waals surface area contributed by atoms with Gasteiger partial charge in [0.2, 0.25) is 0 Å². The fraction of sp³-hybridized carbons (Fsp3) is 1.00. The van der Waals surface area contributed by atoms with Crippen molar-refractivity contribution >= 4 is 0 Å². The first-order chi connectivity index (χ1) is 9.47. The largest absolute Gasteiger partial charge is 0.0654 e. The highest BCUT2D eigenvalue weighted by atomic mass is 14.5. The van der Waals surface area contributed by atoms with E-state index in [0.29, 0.717) is 5.41 Å². The van der Waals surface area contributed by atoms with Gasteiger partial charge in [0, 0.05) is 0 Å². The van der Waals surface area contributed by atoms with Crippen molar-refractivity contribution in [3.05, 3.63) is 0 Å². The Labute approximate surface area is 128 Å². The SMILES string of the molecule is CCCCC1CC2C(C)CC(CCC)CC2CC1(C)C. The first-order valence-corrected chi connectivity index (χ1v) is 9.47. The molecule has 0 heteroatoms. The molecule has 2 fully saturated rings. The Morgan fingerprint density at radius 1 is 0.950 bits per heavy atom. The highest BCUT2D eigenvalue weighted by molar-refractivity contribution is 4.95. The summed E-state index contributed by atoms with van der Waals surface area (Å²) >= 11 is 0. The summed E-state index contributed by atoms with van der Waals surface area (Å²) in [7, 11) is 0. The molecular formula is C20H38. The summed E-state index contributed by atoms with van der Waals surface area (Å²) in [5, 5.41) is 0. The van der Waals surface area contributed by atoms with E-state index in [2.05, 4.69) is 34.6 Å². The maximum Gasteiger partial charge on any atom is -0.0323 e. The molecular weight excluding hydrogens is 240 g/mol. The van der Waals surface area contributed by atoms with Crippen molar-refractivity contribution in [3.63, 3.8) is 0 Å². The predicted octanol–water partition coefficient (Wildman–Crippen LogP) is 6.69. The molecule has 118 valence electrons. The van der Waals surface area contributed by atoms with Gasteiger partial charge in [0.1, 0.15) is 0 Å². The van der Waals surface area contributed by atoms with Gasteiger partial charge in [-0.25, -0.2) is 0 Å². The minimum Gasteiger partial charge on any atom is -0.0654 e. The Morgan fingerprint density at radius 2 is 1.70 bits per heavy atom. The van der Waals surface area contributed by atoms with Crippen molar-refractivity contribution in [2.75, 3.05) is 0 Å². The average Bonchev–Trinajstić information content (AvgIpc) is 2.36. The van der Waals surface area contributed by atoms with Crippen molar-refractivity contribution in [3.8, 4) is 0 Å². The van der Waals surface area contributed by atoms with Gasteiger partial charge in [0.25, 0.3) is 0 Å². The minimum atomic E-state index is 0.601. The molecule has 2 saturated carbocycles. The van der Waals surface area contributed by atoms with Crippen molar-refractivity contribution in [1.29, 1.82) is 0 Å². The third-order valence-corrected chi connectivity index (χ3v) is 6.73. The van der Waals surface area contributed by atoms with Crippen LogP contribution in [0.15, 0.2) is 0 Å². The molecule has 0 radical (unpaired) electrons. The Kier molecular flexibility index (Phi) is 5.60. The summed E-state index contributed by atoms with van der Waals surface area (Å²) in [4.78, 5) is 0. The van der Waals surface area contributed by atoms with Gasteiger partial charge in [-0.2, -0.15) is 0 Å². The van der Waals surface area contributed by atoms with Crippen LogP contribution < -0.4 is 0 Å². The first kappa shape index (κ1) is 16.4. The second kappa shape index (κ2) is 6.84. The van der Waals surface area contributed by atoms with E-state index in [4.69, 9.17) is 0 Å². The molecule has 0 saturated heterocycles. The molecule has 0 heterocycles. The van der Waals surface area contributed by atoms with Gasteiger partial charge in [0.15, 0.2) is 0 Å². The molecule has 0 spiro atoms. The fourth-order valence-electron chi connectivity index (χ4n) is 5.62. The van der Waals surface area contributed by atoms with Gasteiger partial charge >= 0.3 is 0 Å². The van der Waals surface area contributed by atoms with Crippen molar-refractivity contribution in [2.45, 2.75) is 92.4 Å². The van der Waals surface area contributed by atoms with E-state index < -0.39 is 0 Å². The van der Waals surface area contributed by atoms with Crippen LogP contribution in [0.3, 0.4) is 0 Å². The van der Waals surface area contributed by atoms with Gasteiger partial charge in [0.05, 0.1) is 0 Å². The quantitative estimate of drug-likeness (QED) is 0.525. The third kappa shape index (κ3) is 3.60. The standard InChI is InChI=1S/C20H38/c1-6-8-10-18-13-19-15(3)11-16(9-7-2)12-17(19)14-20(18,4)5/h15-19H,6-14H2,1-5H3. The molecule has 0 aromatic rings. The van der Waals surface area contributed by atoms with E-state index in [0.717, 1.165) is 29.6 Å². The van der Waals surface area contributed by atoms with Crippen LogP contribution in [0.1, 0.15) is 92.4 Å². The summed E-state index contributed by atoms with van der Waals surface area (Å²) < 4.78 is 0. The lowest BCUT2D eigenvalue weighted by molar-refractivity contribution is -0.0232. The average molecular weight is 279 g/mol.